The molecule has 1 heterocycles. The van der Waals surface area contributed by atoms with Crippen molar-refractivity contribution in [2.75, 3.05) is 0 Å². The van der Waals surface area contributed by atoms with Crippen LogP contribution in [0.2, 0.25) is 0 Å². The van der Waals surface area contributed by atoms with E-state index < -0.39 is 5.38 Å². The maximum atomic E-state index is 13.1. The Balaban J connectivity index is 0.000000313. The van der Waals surface area contributed by atoms with Crippen molar-refractivity contribution in [1.82, 2.24) is 5.32 Å². The lowest BCUT2D eigenvalue weighted by atomic mass is 9.82. The molecular weight excluding hydrogens is 450 g/mol. The van der Waals surface area contributed by atoms with Crippen molar-refractivity contribution in [2.45, 2.75) is 24.6 Å². The predicted molar refractivity (Wildman–Crippen MR) is 146 cm³/mol. The van der Waals surface area contributed by atoms with E-state index in [1.807, 2.05) is 67.0 Å². The molecule has 6 rings (SSSR count). The number of carbonyl (C=O) groups is 1. The fourth-order valence-corrected chi connectivity index (χ4v) is 5.23. The Bertz CT molecular complexity index is 1420. The molecular formula is C32H28ClNO. The number of alkyl halides is 1. The van der Waals surface area contributed by atoms with Crippen LogP contribution in [0, 0.1) is 5.92 Å². The molecule has 0 spiro atoms. The lowest BCUT2D eigenvalue weighted by Crippen LogP contribution is -2.37. The van der Waals surface area contributed by atoms with Gasteiger partial charge in [0, 0.05) is 18.3 Å². The van der Waals surface area contributed by atoms with Gasteiger partial charge in [-0.1, -0.05) is 91.0 Å². The first-order chi connectivity index (χ1) is 17.2. The standard InChI is InChI=1S/C26H21ClO.C6H7N/c27-25(19-7-2-1-3-8-19)26(28)20-11-10-18-13-14-22-21-9-5-4-6-17(21)12-15-23(22)24(18)16-20;1-2-4-6-7-5-3-1/h1-9,13-16,20,25H,10-12H2;1-7H. The average molecular weight is 478 g/mol. The Morgan fingerprint density at radius 1 is 0.800 bits per heavy atom. The Hall–Kier alpha value is -3.62. The van der Waals surface area contributed by atoms with E-state index >= 15 is 0 Å². The molecule has 0 bridgehead atoms. The van der Waals surface area contributed by atoms with Crippen molar-refractivity contribution in [3.8, 4) is 11.1 Å². The van der Waals surface area contributed by atoms with Gasteiger partial charge in [0.15, 0.2) is 5.78 Å². The Morgan fingerprint density at radius 3 is 2.34 bits per heavy atom. The normalized spacial score (nSPS) is 17.6. The van der Waals surface area contributed by atoms with Crippen LogP contribution in [-0.2, 0) is 17.6 Å². The highest BCUT2D eigenvalue weighted by atomic mass is 35.5. The lowest BCUT2D eigenvalue weighted by Gasteiger charge is -2.22. The molecule has 2 nitrogen and oxygen atoms in total. The fourth-order valence-electron chi connectivity index (χ4n) is 4.92. The minimum atomic E-state index is -0.590. The monoisotopic (exact) mass is 477 g/mol. The van der Waals surface area contributed by atoms with E-state index in [9.17, 15) is 4.79 Å². The zero-order chi connectivity index (χ0) is 24.0. The van der Waals surface area contributed by atoms with Crippen LogP contribution < -0.4 is 15.8 Å². The number of benzene rings is 3. The zero-order valence-electron chi connectivity index (χ0n) is 19.5. The molecule has 3 aromatic rings. The van der Waals surface area contributed by atoms with Crippen LogP contribution >= 0.6 is 11.6 Å². The molecule has 0 aromatic heterocycles. The number of carbonyl (C=O) groups excluding carboxylic acids is 1. The highest BCUT2D eigenvalue weighted by Crippen LogP contribution is 2.29. The van der Waals surface area contributed by atoms with Gasteiger partial charge in [-0.15, -0.1) is 11.6 Å². The molecule has 2 atom stereocenters. The van der Waals surface area contributed by atoms with E-state index in [1.54, 1.807) is 0 Å². The summed E-state index contributed by atoms with van der Waals surface area (Å²) in [5.74, 6) is -0.0281. The van der Waals surface area contributed by atoms with Crippen molar-refractivity contribution < 1.29 is 4.79 Å². The summed E-state index contributed by atoms with van der Waals surface area (Å²) in [4.78, 5) is 13.1. The van der Waals surface area contributed by atoms with Gasteiger partial charge in [-0.3, -0.25) is 4.79 Å². The van der Waals surface area contributed by atoms with Gasteiger partial charge in [0.1, 0.15) is 5.38 Å². The third kappa shape index (κ3) is 5.08. The molecule has 0 saturated carbocycles. The molecule has 1 aliphatic heterocycles. The average Bonchev–Trinajstić information content (AvgIpc) is 3.26. The number of aryl methyl sites for hydroxylation is 1. The van der Waals surface area contributed by atoms with E-state index in [0.717, 1.165) is 24.8 Å². The van der Waals surface area contributed by atoms with Gasteiger partial charge in [-0.05, 0) is 69.7 Å². The van der Waals surface area contributed by atoms with Gasteiger partial charge in [-0.2, -0.15) is 0 Å². The van der Waals surface area contributed by atoms with Crippen LogP contribution in [0.5, 0.6) is 0 Å². The smallest absolute Gasteiger partial charge is 0.161 e. The number of ketones is 1. The van der Waals surface area contributed by atoms with Gasteiger partial charge >= 0.3 is 0 Å². The molecule has 3 aliphatic rings. The number of rotatable bonds is 3. The third-order valence-corrected chi connectivity index (χ3v) is 7.20. The van der Waals surface area contributed by atoms with E-state index in [4.69, 9.17) is 11.6 Å². The van der Waals surface area contributed by atoms with Crippen LogP contribution in [-0.4, -0.2) is 5.78 Å². The Labute approximate surface area is 211 Å². The summed E-state index contributed by atoms with van der Waals surface area (Å²) < 4.78 is 0. The van der Waals surface area contributed by atoms with Crippen molar-refractivity contribution in [3.63, 3.8) is 0 Å². The maximum Gasteiger partial charge on any atom is 0.161 e. The van der Waals surface area contributed by atoms with Crippen LogP contribution in [0.4, 0.5) is 0 Å². The summed E-state index contributed by atoms with van der Waals surface area (Å²) in [6.45, 7) is 0. The minimum absolute atomic E-state index is 0.104. The van der Waals surface area contributed by atoms with Crippen molar-refractivity contribution >= 4 is 29.5 Å². The van der Waals surface area contributed by atoms with E-state index in [1.165, 1.54) is 32.7 Å². The molecule has 2 unspecified atom stereocenters. The topological polar surface area (TPSA) is 29.1 Å². The molecule has 0 fully saturated rings. The van der Waals surface area contributed by atoms with Crippen LogP contribution in [0.25, 0.3) is 23.3 Å². The van der Waals surface area contributed by atoms with E-state index in [-0.39, 0.29) is 11.7 Å². The first-order valence-corrected chi connectivity index (χ1v) is 12.6. The summed E-state index contributed by atoms with van der Waals surface area (Å²) in [6, 6.07) is 22.7. The summed E-state index contributed by atoms with van der Waals surface area (Å²) in [5, 5.41) is 4.84. The number of hydrogen-bond acceptors (Lipinski definition) is 2. The Morgan fingerprint density at radius 2 is 1.54 bits per heavy atom. The molecule has 35 heavy (non-hydrogen) atoms. The Kier molecular flexibility index (Phi) is 7.11. The van der Waals surface area contributed by atoms with Gasteiger partial charge < -0.3 is 5.32 Å². The molecule has 174 valence electrons. The number of hydrogen-bond donors (Lipinski definition) is 1. The molecule has 3 heteroatoms. The van der Waals surface area contributed by atoms with Gasteiger partial charge in [-0.25, -0.2) is 0 Å². The summed E-state index contributed by atoms with van der Waals surface area (Å²) in [7, 11) is 0. The molecule has 1 N–H and O–H groups in total. The van der Waals surface area contributed by atoms with E-state index in [2.05, 4.69) is 53.9 Å². The minimum Gasteiger partial charge on any atom is -0.368 e. The van der Waals surface area contributed by atoms with Crippen LogP contribution in [0.15, 0.2) is 103 Å². The zero-order valence-corrected chi connectivity index (χ0v) is 20.3. The highest BCUT2D eigenvalue weighted by Gasteiger charge is 2.27. The number of allylic oxidation sites excluding steroid dienone is 4. The third-order valence-electron chi connectivity index (χ3n) is 6.73. The number of nitrogens with one attached hydrogen (secondary N) is 1. The second-order valence-corrected chi connectivity index (χ2v) is 9.36. The van der Waals surface area contributed by atoms with Crippen LogP contribution in [0.1, 0.15) is 28.5 Å². The van der Waals surface area contributed by atoms with Crippen molar-refractivity contribution in [3.05, 3.63) is 131 Å². The summed E-state index contributed by atoms with van der Waals surface area (Å²) in [5.41, 5.74) is 6.16. The highest BCUT2D eigenvalue weighted by molar-refractivity contribution is 6.31. The second kappa shape index (κ2) is 10.8. The molecule has 0 radical (unpaired) electrons. The predicted octanol–water partition coefficient (Wildman–Crippen LogP) is 5.76. The van der Waals surface area contributed by atoms with E-state index in [0.29, 0.717) is 0 Å². The molecule has 0 amide bonds. The largest absolute Gasteiger partial charge is 0.368 e. The fraction of sp³-hybridized carbons (Fsp3) is 0.156. The van der Waals surface area contributed by atoms with Gasteiger partial charge in [0.2, 0.25) is 0 Å². The van der Waals surface area contributed by atoms with Crippen LogP contribution in [0.3, 0.4) is 0 Å². The first-order valence-electron chi connectivity index (χ1n) is 12.1. The summed E-state index contributed by atoms with van der Waals surface area (Å²) >= 11 is 6.55. The second-order valence-electron chi connectivity index (χ2n) is 8.92. The molecule has 3 aromatic carbocycles. The molecule has 0 saturated heterocycles. The first kappa shape index (κ1) is 23.1. The van der Waals surface area contributed by atoms with Crippen molar-refractivity contribution in [1.29, 1.82) is 0 Å². The van der Waals surface area contributed by atoms with Crippen molar-refractivity contribution in [2.24, 2.45) is 5.92 Å². The number of halogens is 1. The summed E-state index contributed by atoms with van der Waals surface area (Å²) in [6.07, 6.45) is 18.7. The maximum absolute atomic E-state index is 13.1. The quantitative estimate of drug-likeness (QED) is 0.486. The van der Waals surface area contributed by atoms with Gasteiger partial charge in [0.25, 0.3) is 0 Å². The van der Waals surface area contributed by atoms with Gasteiger partial charge in [0.05, 0.1) is 0 Å². The molecule has 2 aliphatic carbocycles. The number of Topliss-reactive ketones (excluding diaryl/α,β-unsaturated/α-hetero) is 1. The SMILES string of the molecule is C1=CC=CNC=C1.O=C(C1C=c2c(ccc3c2=CCc2ccccc2-3)CC1)C(Cl)c1ccccc1. The lowest BCUT2D eigenvalue weighted by molar-refractivity contribution is -0.121. The number of fused-ring (bicyclic) bond motifs is 5.